The van der Waals surface area contributed by atoms with Gasteiger partial charge in [0.05, 0.1) is 7.11 Å². The molecule has 3 rings (SSSR count). The van der Waals surface area contributed by atoms with Crippen LogP contribution in [0, 0.1) is 0 Å². The minimum Gasteiger partial charge on any atom is -0.466 e. The molecule has 2 aliphatic heterocycles. The summed E-state index contributed by atoms with van der Waals surface area (Å²) in [4.78, 5) is 73.9. The van der Waals surface area contributed by atoms with E-state index in [1.165, 1.54) is 0 Å². The Morgan fingerprint density at radius 3 is 2.21 bits per heavy atom. The van der Waals surface area contributed by atoms with Crippen molar-refractivity contribution in [1.29, 1.82) is 0 Å². The number of carbonyl (C=O) groups excluding carboxylic acids is 6. The fraction of sp³-hybridized carbons (Fsp3) is 0.520. The van der Waals surface area contributed by atoms with Crippen molar-refractivity contribution in [3.8, 4) is 0 Å². The highest BCUT2D eigenvalue weighted by molar-refractivity contribution is 8.01. The first-order valence-electron chi connectivity index (χ1n) is 11.9. The van der Waals surface area contributed by atoms with Gasteiger partial charge in [-0.1, -0.05) is 30.0 Å². The first-order valence-corrected chi connectivity index (χ1v) is 12.7. The van der Waals surface area contributed by atoms with Crippen molar-refractivity contribution in [2.24, 2.45) is 0 Å². The van der Waals surface area contributed by atoms with Gasteiger partial charge in [0.15, 0.2) is 12.2 Å². The van der Waals surface area contributed by atoms with E-state index in [4.69, 9.17) is 28.4 Å². The van der Waals surface area contributed by atoms with Crippen molar-refractivity contribution < 1.29 is 57.2 Å². The normalized spacial score (nSPS) is 25.4. The van der Waals surface area contributed by atoms with Gasteiger partial charge in [-0.2, -0.15) is 0 Å². The molecule has 0 saturated carbocycles. The van der Waals surface area contributed by atoms with Gasteiger partial charge in [0.2, 0.25) is 10.8 Å². The van der Waals surface area contributed by atoms with Crippen LogP contribution >= 0.6 is 11.8 Å². The van der Waals surface area contributed by atoms with E-state index in [0.29, 0.717) is 4.90 Å². The first kappa shape index (κ1) is 29.9. The van der Waals surface area contributed by atoms with Crippen LogP contribution in [0.25, 0.3) is 0 Å². The zero-order chi connectivity index (χ0) is 28.9. The Balaban J connectivity index is 2.18. The molecule has 2 fully saturated rings. The molecule has 2 aliphatic rings. The summed E-state index contributed by atoms with van der Waals surface area (Å²) in [6.45, 7) is 3.86. The molecule has 0 radical (unpaired) electrons. The van der Waals surface area contributed by atoms with Crippen LogP contribution in [0.4, 0.5) is 4.79 Å². The van der Waals surface area contributed by atoms with Crippen LogP contribution in [0.5, 0.6) is 0 Å². The number of fused-ring (bicyclic) bond motifs is 1. The summed E-state index contributed by atoms with van der Waals surface area (Å²) in [6.07, 6.45) is -6.83. The Morgan fingerprint density at radius 2 is 1.67 bits per heavy atom. The van der Waals surface area contributed by atoms with Crippen molar-refractivity contribution in [1.82, 2.24) is 4.90 Å². The molecular formula is C25H29NO12S. The number of benzene rings is 1. The van der Waals surface area contributed by atoms with Gasteiger partial charge in [0.1, 0.15) is 24.9 Å². The van der Waals surface area contributed by atoms with Gasteiger partial charge in [-0.05, 0) is 12.1 Å². The van der Waals surface area contributed by atoms with E-state index in [-0.39, 0.29) is 6.42 Å². The number of methoxy groups -OCH3 is 1. The second-order valence-electron chi connectivity index (χ2n) is 8.77. The monoisotopic (exact) mass is 567 g/mol. The molecule has 0 aliphatic carbocycles. The minimum absolute atomic E-state index is 0.231. The van der Waals surface area contributed by atoms with Gasteiger partial charge in [0, 0.05) is 39.0 Å². The Labute approximate surface area is 228 Å². The molecule has 6 atom stereocenters. The highest BCUT2D eigenvalue weighted by Gasteiger charge is 2.63. The lowest BCUT2D eigenvalue weighted by molar-refractivity contribution is -0.219. The molecule has 2 heterocycles. The largest absolute Gasteiger partial charge is 0.466 e. The summed E-state index contributed by atoms with van der Waals surface area (Å²) in [5, 5.41) is 0. The molecule has 14 heteroatoms. The number of hydrogen-bond acceptors (Lipinski definition) is 13. The average Bonchev–Trinajstić information content (AvgIpc) is 3.20. The van der Waals surface area contributed by atoms with E-state index in [2.05, 4.69) is 0 Å². The van der Waals surface area contributed by atoms with Crippen molar-refractivity contribution >= 4 is 47.6 Å². The maximum absolute atomic E-state index is 13.3. The van der Waals surface area contributed by atoms with Crippen molar-refractivity contribution in [3.05, 3.63) is 30.3 Å². The number of imide groups is 1. The minimum atomic E-state index is -1.85. The summed E-state index contributed by atoms with van der Waals surface area (Å²) in [5.74, 6) is -3.92. The van der Waals surface area contributed by atoms with Gasteiger partial charge >= 0.3 is 30.0 Å². The molecule has 1 aromatic carbocycles. The topological polar surface area (TPSA) is 161 Å². The van der Waals surface area contributed by atoms with Gasteiger partial charge in [0.25, 0.3) is 0 Å². The number of rotatable bonds is 9. The second-order valence-corrected chi connectivity index (χ2v) is 10.1. The molecule has 2 saturated heterocycles. The summed E-state index contributed by atoms with van der Waals surface area (Å²) in [6, 6.07) is 7.47. The SMILES string of the molecule is COC(=O)[C@@]1(Sc2ccccc2)C[C@@H]2OC(=O)N(C(C)=O)[C@H]2[C@H]([C@H](OC(C)=O)[C@@H](COC(C)=O)OC(C)=O)O1. The van der Waals surface area contributed by atoms with Gasteiger partial charge in [-0.3, -0.25) is 19.2 Å². The summed E-state index contributed by atoms with van der Waals surface area (Å²) in [5.41, 5.74) is 0. The van der Waals surface area contributed by atoms with Crippen LogP contribution in [0.3, 0.4) is 0 Å². The predicted molar refractivity (Wildman–Crippen MR) is 131 cm³/mol. The summed E-state index contributed by atoms with van der Waals surface area (Å²) in [7, 11) is 1.15. The zero-order valence-corrected chi connectivity index (χ0v) is 22.8. The molecule has 1 aromatic rings. The summed E-state index contributed by atoms with van der Waals surface area (Å²) >= 11 is 0.963. The number of ether oxygens (including phenoxy) is 6. The zero-order valence-electron chi connectivity index (χ0n) is 21.9. The van der Waals surface area contributed by atoms with E-state index >= 15 is 0 Å². The maximum atomic E-state index is 13.3. The number of hydrogen-bond donors (Lipinski definition) is 0. The number of thioether (sulfide) groups is 1. The van der Waals surface area contributed by atoms with Crippen LogP contribution in [0.15, 0.2) is 35.2 Å². The van der Waals surface area contributed by atoms with Crippen LogP contribution < -0.4 is 0 Å². The van der Waals surface area contributed by atoms with E-state index in [1.807, 2.05) is 0 Å². The quantitative estimate of drug-likeness (QED) is 0.313. The van der Waals surface area contributed by atoms with Crippen molar-refractivity contribution in [2.75, 3.05) is 13.7 Å². The smallest absolute Gasteiger partial charge is 0.417 e. The molecule has 0 N–H and O–H groups in total. The fourth-order valence-corrected chi connectivity index (χ4v) is 5.74. The second kappa shape index (κ2) is 12.5. The van der Waals surface area contributed by atoms with Crippen LogP contribution in [0.2, 0.25) is 0 Å². The Morgan fingerprint density at radius 1 is 1.03 bits per heavy atom. The van der Waals surface area contributed by atoms with Gasteiger partial charge < -0.3 is 28.4 Å². The van der Waals surface area contributed by atoms with Crippen LogP contribution in [-0.4, -0.2) is 89.9 Å². The highest BCUT2D eigenvalue weighted by Crippen LogP contribution is 2.48. The predicted octanol–water partition coefficient (Wildman–Crippen LogP) is 1.60. The van der Waals surface area contributed by atoms with E-state index in [1.54, 1.807) is 30.3 Å². The van der Waals surface area contributed by atoms with E-state index in [9.17, 15) is 28.8 Å². The molecule has 39 heavy (non-hydrogen) atoms. The Kier molecular flexibility index (Phi) is 9.56. The van der Waals surface area contributed by atoms with Crippen LogP contribution in [-0.2, 0) is 52.4 Å². The summed E-state index contributed by atoms with van der Waals surface area (Å²) < 4.78 is 32.8. The average molecular weight is 568 g/mol. The fourth-order valence-electron chi connectivity index (χ4n) is 4.50. The number of carbonyl (C=O) groups is 6. The van der Waals surface area contributed by atoms with Gasteiger partial charge in [-0.25, -0.2) is 14.5 Å². The molecule has 13 nitrogen and oxygen atoms in total. The van der Waals surface area contributed by atoms with E-state index in [0.717, 1.165) is 51.5 Å². The molecule has 0 bridgehead atoms. The number of nitrogens with zero attached hydrogens (tertiary/aromatic N) is 1. The van der Waals surface area contributed by atoms with Crippen LogP contribution in [0.1, 0.15) is 34.1 Å². The lowest BCUT2D eigenvalue weighted by atomic mass is 9.89. The molecule has 2 amide bonds. The standard InChI is InChI=1S/C25H29NO12S/c1-13(27)26-20-18(37-24(26)32)11-25(23(31)33-5,39-17-9-7-6-8-10-17)38-22(20)21(36-16(4)30)19(35-15(3)29)12-34-14(2)28/h6-10,18-22H,11-12H2,1-5H3/t18-,19+,20+,21+,22+,25-/m0/s1. The number of esters is 4. The lowest BCUT2D eigenvalue weighted by Gasteiger charge is -2.46. The van der Waals surface area contributed by atoms with Crippen molar-refractivity contribution in [2.45, 2.75) is 74.4 Å². The molecule has 0 unspecified atom stereocenters. The molecule has 0 aromatic heterocycles. The molecular weight excluding hydrogens is 538 g/mol. The lowest BCUT2D eigenvalue weighted by Crippen LogP contribution is -2.65. The third-order valence-electron chi connectivity index (χ3n) is 5.88. The number of amides is 2. The molecule has 0 spiro atoms. The Bertz CT molecular complexity index is 1130. The molecule has 212 valence electrons. The first-order chi connectivity index (χ1) is 18.4. The highest BCUT2D eigenvalue weighted by atomic mass is 32.2. The third-order valence-corrected chi connectivity index (χ3v) is 7.15. The Hall–Kier alpha value is -3.65. The van der Waals surface area contributed by atoms with Gasteiger partial charge in [-0.15, -0.1) is 0 Å². The van der Waals surface area contributed by atoms with E-state index < -0.39 is 77.9 Å². The maximum Gasteiger partial charge on any atom is 0.417 e. The van der Waals surface area contributed by atoms with Crippen molar-refractivity contribution in [3.63, 3.8) is 0 Å². The third kappa shape index (κ3) is 6.87.